The fourth-order valence-electron chi connectivity index (χ4n) is 1.43. The maximum Gasteiger partial charge on any atom is 0.0884 e. The van der Waals surface area contributed by atoms with Crippen LogP contribution in [0.5, 0.6) is 0 Å². The van der Waals surface area contributed by atoms with Gasteiger partial charge in [-0.05, 0) is 11.5 Å². The molecule has 4 heteroatoms. The van der Waals surface area contributed by atoms with E-state index in [1.54, 1.807) is 0 Å². The standard InChI is InChI=1S/C11H10BrNOS/c12-6-9-10(7-14)15-13-11(9)8-4-2-1-3-5-8/h1-5,14H,6-7H2. The molecule has 1 N–H and O–H groups in total. The fourth-order valence-corrected chi connectivity index (χ4v) is 2.97. The molecule has 2 rings (SSSR count). The Morgan fingerprint density at radius 2 is 2.00 bits per heavy atom. The van der Waals surface area contributed by atoms with Crippen molar-refractivity contribution in [3.05, 3.63) is 40.8 Å². The van der Waals surface area contributed by atoms with Crippen molar-refractivity contribution in [2.75, 3.05) is 0 Å². The Morgan fingerprint density at radius 1 is 1.27 bits per heavy atom. The van der Waals surface area contributed by atoms with Crippen molar-refractivity contribution < 1.29 is 5.11 Å². The van der Waals surface area contributed by atoms with E-state index in [0.717, 1.165) is 27.0 Å². The summed E-state index contributed by atoms with van der Waals surface area (Å²) in [5.41, 5.74) is 3.16. The van der Waals surface area contributed by atoms with E-state index < -0.39 is 0 Å². The highest BCUT2D eigenvalue weighted by Crippen LogP contribution is 2.29. The Bertz CT molecular complexity index is 441. The normalized spacial score (nSPS) is 10.5. The van der Waals surface area contributed by atoms with Gasteiger partial charge in [-0.3, -0.25) is 0 Å². The molecular weight excluding hydrogens is 274 g/mol. The third-order valence-electron chi connectivity index (χ3n) is 2.19. The summed E-state index contributed by atoms with van der Waals surface area (Å²) in [7, 11) is 0. The molecule has 1 aromatic carbocycles. The molecule has 1 aromatic heterocycles. The number of aliphatic hydroxyl groups is 1. The number of benzene rings is 1. The molecule has 0 unspecified atom stereocenters. The van der Waals surface area contributed by atoms with Crippen LogP contribution in [0.4, 0.5) is 0 Å². The SMILES string of the molecule is OCc1snc(-c2ccccc2)c1CBr. The van der Waals surface area contributed by atoms with Gasteiger partial charge in [-0.25, -0.2) is 0 Å². The quantitative estimate of drug-likeness (QED) is 0.878. The van der Waals surface area contributed by atoms with Crippen molar-refractivity contribution in [1.82, 2.24) is 4.37 Å². The third-order valence-corrected chi connectivity index (χ3v) is 3.62. The minimum absolute atomic E-state index is 0.0609. The molecule has 0 aliphatic carbocycles. The van der Waals surface area contributed by atoms with Gasteiger partial charge in [0.05, 0.1) is 17.2 Å². The lowest BCUT2D eigenvalue weighted by Gasteiger charge is -2.00. The van der Waals surface area contributed by atoms with Gasteiger partial charge in [-0.15, -0.1) is 0 Å². The van der Waals surface area contributed by atoms with Crippen LogP contribution in [0.25, 0.3) is 11.3 Å². The summed E-state index contributed by atoms with van der Waals surface area (Å²) in [4.78, 5) is 0.936. The Balaban J connectivity index is 2.49. The molecule has 0 fully saturated rings. The molecule has 1 heterocycles. The first-order valence-electron chi connectivity index (χ1n) is 4.56. The van der Waals surface area contributed by atoms with Gasteiger partial charge in [0.25, 0.3) is 0 Å². The zero-order chi connectivity index (χ0) is 10.7. The van der Waals surface area contributed by atoms with Crippen LogP contribution in [0.2, 0.25) is 0 Å². The molecule has 0 spiro atoms. The maximum atomic E-state index is 9.16. The summed E-state index contributed by atoms with van der Waals surface area (Å²) in [5, 5.41) is 9.89. The number of nitrogens with zero attached hydrogens (tertiary/aromatic N) is 1. The van der Waals surface area contributed by atoms with Crippen LogP contribution < -0.4 is 0 Å². The molecule has 2 nitrogen and oxygen atoms in total. The van der Waals surface area contributed by atoms with Crippen LogP contribution in [-0.4, -0.2) is 9.48 Å². The van der Waals surface area contributed by atoms with E-state index in [9.17, 15) is 0 Å². The molecule has 0 aliphatic rings. The molecule has 0 saturated heterocycles. The highest BCUT2D eigenvalue weighted by molar-refractivity contribution is 9.08. The van der Waals surface area contributed by atoms with E-state index in [2.05, 4.69) is 20.3 Å². The molecule has 78 valence electrons. The summed E-state index contributed by atoms with van der Waals surface area (Å²) in [6.07, 6.45) is 0. The average molecular weight is 284 g/mol. The van der Waals surface area contributed by atoms with Gasteiger partial charge in [0.15, 0.2) is 0 Å². The number of hydrogen-bond donors (Lipinski definition) is 1. The molecular formula is C11H10BrNOS. The molecule has 0 saturated carbocycles. The average Bonchev–Trinajstić information content (AvgIpc) is 2.72. The van der Waals surface area contributed by atoms with Gasteiger partial charge in [-0.1, -0.05) is 46.3 Å². The van der Waals surface area contributed by atoms with Crippen LogP contribution in [0.15, 0.2) is 30.3 Å². The van der Waals surface area contributed by atoms with Crippen molar-refractivity contribution in [1.29, 1.82) is 0 Å². The molecule has 15 heavy (non-hydrogen) atoms. The zero-order valence-electron chi connectivity index (χ0n) is 7.98. The minimum atomic E-state index is 0.0609. The second kappa shape index (κ2) is 4.88. The van der Waals surface area contributed by atoms with Gasteiger partial charge in [0, 0.05) is 16.5 Å². The van der Waals surface area contributed by atoms with Crippen molar-refractivity contribution >= 4 is 27.5 Å². The monoisotopic (exact) mass is 283 g/mol. The third kappa shape index (κ3) is 2.12. The van der Waals surface area contributed by atoms with E-state index >= 15 is 0 Å². The Kier molecular flexibility index (Phi) is 3.51. The van der Waals surface area contributed by atoms with Crippen molar-refractivity contribution in [2.45, 2.75) is 11.9 Å². The summed E-state index contributed by atoms with van der Waals surface area (Å²) in [5.74, 6) is 0. The highest BCUT2D eigenvalue weighted by Gasteiger charge is 2.12. The van der Waals surface area contributed by atoms with Crippen LogP contribution in [-0.2, 0) is 11.9 Å². The van der Waals surface area contributed by atoms with Crippen molar-refractivity contribution in [3.8, 4) is 11.3 Å². The predicted molar refractivity (Wildman–Crippen MR) is 66.1 cm³/mol. The molecule has 2 aromatic rings. The van der Waals surface area contributed by atoms with E-state index in [4.69, 9.17) is 5.11 Å². The van der Waals surface area contributed by atoms with Crippen LogP contribution in [0.1, 0.15) is 10.4 Å². The fraction of sp³-hybridized carbons (Fsp3) is 0.182. The first-order chi connectivity index (χ1) is 7.36. The van der Waals surface area contributed by atoms with Crippen LogP contribution in [0, 0.1) is 0 Å². The second-order valence-electron chi connectivity index (χ2n) is 3.09. The number of alkyl halides is 1. The number of rotatable bonds is 3. The first kappa shape index (κ1) is 10.8. The first-order valence-corrected chi connectivity index (χ1v) is 6.46. The molecule has 0 bridgehead atoms. The van der Waals surface area contributed by atoms with Gasteiger partial charge < -0.3 is 5.11 Å². The Labute approximate surface area is 101 Å². The molecule has 0 atom stereocenters. The summed E-state index contributed by atoms with van der Waals surface area (Å²) in [6.45, 7) is 0.0609. The summed E-state index contributed by atoms with van der Waals surface area (Å²) < 4.78 is 4.38. The largest absolute Gasteiger partial charge is 0.391 e. The van der Waals surface area contributed by atoms with Crippen LogP contribution >= 0.6 is 27.5 Å². The Hall–Kier alpha value is -0.710. The maximum absolute atomic E-state index is 9.16. The summed E-state index contributed by atoms with van der Waals surface area (Å²) in [6, 6.07) is 10.0. The van der Waals surface area contributed by atoms with E-state index in [-0.39, 0.29) is 6.61 Å². The zero-order valence-corrected chi connectivity index (χ0v) is 10.4. The predicted octanol–water partition coefficient (Wildman–Crippen LogP) is 3.20. The van der Waals surface area contributed by atoms with Gasteiger partial charge in [0.1, 0.15) is 0 Å². The number of aromatic nitrogens is 1. The lowest BCUT2D eigenvalue weighted by atomic mass is 10.1. The van der Waals surface area contributed by atoms with Crippen LogP contribution in [0.3, 0.4) is 0 Å². The summed E-state index contributed by atoms with van der Waals surface area (Å²) >= 11 is 4.80. The topological polar surface area (TPSA) is 33.1 Å². The van der Waals surface area contributed by atoms with E-state index in [1.165, 1.54) is 11.5 Å². The lowest BCUT2D eigenvalue weighted by Crippen LogP contribution is -1.87. The number of halogens is 1. The van der Waals surface area contributed by atoms with Crippen molar-refractivity contribution in [3.63, 3.8) is 0 Å². The Morgan fingerprint density at radius 3 is 2.60 bits per heavy atom. The smallest absolute Gasteiger partial charge is 0.0884 e. The van der Waals surface area contributed by atoms with Gasteiger partial charge in [-0.2, -0.15) is 4.37 Å². The van der Waals surface area contributed by atoms with Crippen molar-refractivity contribution in [2.24, 2.45) is 0 Å². The molecule has 0 aliphatic heterocycles. The van der Waals surface area contributed by atoms with Gasteiger partial charge in [0.2, 0.25) is 0 Å². The number of aliphatic hydroxyl groups excluding tert-OH is 1. The van der Waals surface area contributed by atoms with E-state index in [0.29, 0.717) is 0 Å². The minimum Gasteiger partial charge on any atom is -0.391 e. The number of hydrogen-bond acceptors (Lipinski definition) is 3. The molecule has 0 radical (unpaired) electrons. The molecule has 0 amide bonds. The van der Waals surface area contributed by atoms with E-state index in [1.807, 2.05) is 30.3 Å². The lowest BCUT2D eigenvalue weighted by molar-refractivity contribution is 0.285. The van der Waals surface area contributed by atoms with Gasteiger partial charge >= 0.3 is 0 Å². The second-order valence-corrected chi connectivity index (χ2v) is 4.51. The highest BCUT2D eigenvalue weighted by atomic mass is 79.9.